The van der Waals surface area contributed by atoms with Gasteiger partial charge in [-0.1, -0.05) is 26.7 Å². The molecule has 1 aliphatic carbocycles. The first kappa shape index (κ1) is 15.4. The van der Waals surface area contributed by atoms with Crippen LogP contribution in [0.25, 0.3) is 0 Å². The summed E-state index contributed by atoms with van der Waals surface area (Å²) in [6.07, 6.45) is 7.34. The number of piperazine rings is 1. The predicted octanol–water partition coefficient (Wildman–Crippen LogP) is 3.59. The zero-order chi connectivity index (χ0) is 14.9. The van der Waals surface area contributed by atoms with E-state index in [1.54, 1.807) is 0 Å². The molecule has 4 heteroatoms. The third-order valence-corrected chi connectivity index (χ3v) is 5.61. The summed E-state index contributed by atoms with van der Waals surface area (Å²) < 4.78 is 1.05. The number of rotatable bonds is 3. The predicted molar refractivity (Wildman–Crippen MR) is 90.2 cm³/mol. The molecule has 3 nitrogen and oxygen atoms in total. The molecular formula is C17H26BrN3. The molecule has 21 heavy (non-hydrogen) atoms. The summed E-state index contributed by atoms with van der Waals surface area (Å²) in [6.45, 7) is 7.93. The lowest BCUT2D eigenvalue weighted by Crippen LogP contribution is -2.64. The van der Waals surface area contributed by atoms with Gasteiger partial charge in [-0.2, -0.15) is 0 Å². The monoisotopic (exact) mass is 351 g/mol. The van der Waals surface area contributed by atoms with Gasteiger partial charge in [0.2, 0.25) is 0 Å². The van der Waals surface area contributed by atoms with Gasteiger partial charge in [0.05, 0.1) is 5.69 Å². The molecule has 1 unspecified atom stereocenters. The van der Waals surface area contributed by atoms with Crippen molar-refractivity contribution in [2.75, 3.05) is 13.1 Å². The van der Waals surface area contributed by atoms with Crippen LogP contribution < -0.4 is 5.32 Å². The number of nitrogens with one attached hydrogen (secondary N) is 1. The van der Waals surface area contributed by atoms with E-state index in [-0.39, 0.29) is 0 Å². The Morgan fingerprint density at radius 1 is 1.38 bits per heavy atom. The first-order valence-corrected chi connectivity index (χ1v) is 8.97. The van der Waals surface area contributed by atoms with Gasteiger partial charge in [-0.15, -0.1) is 0 Å². The zero-order valence-electron chi connectivity index (χ0n) is 13.1. The quantitative estimate of drug-likeness (QED) is 0.901. The van der Waals surface area contributed by atoms with Crippen molar-refractivity contribution in [2.45, 2.75) is 57.7 Å². The minimum absolute atomic E-state index is 0.376. The van der Waals surface area contributed by atoms with Crippen LogP contribution in [-0.4, -0.2) is 34.6 Å². The first-order valence-electron chi connectivity index (χ1n) is 8.17. The fourth-order valence-corrected chi connectivity index (χ4v) is 4.17. The van der Waals surface area contributed by atoms with Crippen molar-refractivity contribution in [2.24, 2.45) is 5.92 Å². The Labute approximate surface area is 136 Å². The van der Waals surface area contributed by atoms with Crippen molar-refractivity contribution in [3.05, 3.63) is 28.5 Å². The Morgan fingerprint density at radius 3 is 2.76 bits per heavy atom. The highest BCUT2D eigenvalue weighted by Crippen LogP contribution is 2.34. The van der Waals surface area contributed by atoms with E-state index in [9.17, 15) is 0 Å². The first-order chi connectivity index (χ1) is 10.1. The average Bonchev–Trinajstić information content (AvgIpc) is 2.89. The molecule has 0 amide bonds. The molecule has 2 aliphatic rings. The van der Waals surface area contributed by atoms with Gasteiger partial charge in [-0.25, -0.2) is 0 Å². The Balaban J connectivity index is 1.75. The third kappa shape index (κ3) is 3.49. The molecule has 1 spiro atoms. The number of pyridine rings is 1. The van der Waals surface area contributed by atoms with E-state index in [2.05, 4.69) is 57.1 Å². The Hall–Kier alpha value is -0.450. The number of hydrogen-bond acceptors (Lipinski definition) is 3. The van der Waals surface area contributed by atoms with Gasteiger partial charge in [0, 0.05) is 41.9 Å². The molecule has 116 valence electrons. The van der Waals surface area contributed by atoms with Gasteiger partial charge in [-0.3, -0.25) is 9.88 Å². The summed E-state index contributed by atoms with van der Waals surface area (Å²) in [7, 11) is 0. The lowest BCUT2D eigenvalue weighted by atomic mass is 9.89. The standard InChI is InChI=1S/C17H26BrN3/c1-13(2)16-10-20-17(7-3-4-8-17)12-21(16)11-15-6-5-14(18)9-19-15/h5-6,9,13,16,20H,3-4,7-8,10-12H2,1-2H3. The van der Waals surface area contributed by atoms with Crippen LogP contribution in [0.1, 0.15) is 45.2 Å². The second-order valence-corrected chi connectivity index (χ2v) is 7.97. The summed E-state index contributed by atoms with van der Waals surface area (Å²) in [4.78, 5) is 7.24. The molecule has 1 aromatic heterocycles. The fraction of sp³-hybridized carbons (Fsp3) is 0.706. The van der Waals surface area contributed by atoms with Crippen molar-refractivity contribution < 1.29 is 0 Å². The van der Waals surface area contributed by atoms with Crippen LogP contribution in [0.15, 0.2) is 22.8 Å². The summed E-state index contributed by atoms with van der Waals surface area (Å²) in [5.74, 6) is 0.673. The van der Waals surface area contributed by atoms with E-state index in [0.29, 0.717) is 17.5 Å². The second kappa shape index (κ2) is 6.35. The highest BCUT2D eigenvalue weighted by atomic mass is 79.9. The van der Waals surface area contributed by atoms with Gasteiger partial charge in [-0.05, 0) is 46.8 Å². The maximum atomic E-state index is 4.57. The number of hydrogen-bond donors (Lipinski definition) is 1. The highest BCUT2D eigenvalue weighted by Gasteiger charge is 2.41. The Morgan fingerprint density at radius 2 is 2.14 bits per heavy atom. The van der Waals surface area contributed by atoms with Crippen LogP contribution in [0.2, 0.25) is 0 Å². The summed E-state index contributed by atoms with van der Waals surface area (Å²) >= 11 is 3.47. The Bertz CT molecular complexity index is 465. The normalized spacial score (nSPS) is 25.8. The van der Waals surface area contributed by atoms with Gasteiger partial charge in [0.25, 0.3) is 0 Å². The van der Waals surface area contributed by atoms with E-state index >= 15 is 0 Å². The topological polar surface area (TPSA) is 28.2 Å². The van der Waals surface area contributed by atoms with E-state index in [1.807, 2.05) is 6.20 Å². The van der Waals surface area contributed by atoms with Crippen molar-refractivity contribution in [3.8, 4) is 0 Å². The van der Waals surface area contributed by atoms with Crippen LogP contribution in [0.5, 0.6) is 0 Å². The summed E-state index contributed by atoms with van der Waals surface area (Å²) in [5, 5.41) is 3.88. The number of aromatic nitrogens is 1. The zero-order valence-corrected chi connectivity index (χ0v) is 14.7. The molecule has 1 aliphatic heterocycles. The lowest BCUT2D eigenvalue weighted by Gasteiger charge is -2.47. The molecule has 0 bridgehead atoms. The molecule has 1 saturated heterocycles. The molecule has 3 rings (SSSR count). The van der Waals surface area contributed by atoms with Crippen molar-refractivity contribution in [1.82, 2.24) is 15.2 Å². The van der Waals surface area contributed by atoms with Gasteiger partial charge >= 0.3 is 0 Å². The van der Waals surface area contributed by atoms with Gasteiger partial charge in [0.1, 0.15) is 0 Å². The van der Waals surface area contributed by atoms with Crippen LogP contribution in [0, 0.1) is 5.92 Å². The van der Waals surface area contributed by atoms with Crippen LogP contribution >= 0.6 is 15.9 Å². The molecule has 1 N–H and O–H groups in total. The highest BCUT2D eigenvalue weighted by molar-refractivity contribution is 9.10. The molecule has 1 aromatic rings. The molecule has 2 heterocycles. The van der Waals surface area contributed by atoms with E-state index < -0.39 is 0 Å². The molecule has 1 atom stereocenters. The maximum Gasteiger partial charge on any atom is 0.0544 e. The van der Waals surface area contributed by atoms with E-state index in [1.165, 1.54) is 37.9 Å². The van der Waals surface area contributed by atoms with E-state index in [0.717, 1.165) is 17.6 Å². The smallest absolute Gasteiger partial charge is 0.0544 e. The Kier molecular flexibility index (Phi) is 4.67. The molecule has 0 aromatic carbocycles. The third-order valence-electron chi connectivity index (χ3n) is 5.14. The number of nitrogens with zero attached hydrogens (tertiary/aromatic N) is 2. The fourth-order valence-electron chi connectivity index (χ4n) is 3.94. The van der Waals surface area contributed by atoms with E-state index in [4.69, 9.17) is 0 Å². The summed E-state index contributed by atoms with van der Waals surface area (Å²) in [6, 6.07) is 4.85. The lowest BCUT2D eigenvalue weighted by molar-refractivity contribution is 0.0497. The average molecular weight is 352 g/mol. The molecular weight excluding hydrogens is 326 g/mol. The van der Waals surface area contributed by atoms with Crippen molar-refractivity contribution >= 4 is 15.9 Å². The SMILES string of the molecule is CC(C)C1CNC2(CCCC2)CN1Cc1ccc(Br)cn1. The summed E-state index contributed by atoms with van der Waals surface area (Å²) in [5.41, 5.74) is 1.56. The van der Waals surface area contributed by atoms with Gasteiger partial charge in [0.15, 0.2) is 0 Å². The molecule has 1 saturated carbocycles. The van der Waals surface area contributed by atoms with Crippen molar-refractivity contribution in [3.63, 3.8) is 0 Å². The largest absolute Gasteiger partial charge is 0.308 e. The van der Waals surface area contributed by atoms with Crippen LogP contribution in [0.3, 0.4) is 0 Å². The minimum atomic E-state index is 0.376. The van der Waals surface area contributed by atoms with Gasteiger partial charge < -0.3 is 5.32 Å². The number of halogens is 1. The van der Waals surface area contributed by atoms with Crippen molar-refractivity contribution in [1.29, 1.82) is 0 Å². The molecule has 0 radical (unpaired) electrons. The minimum Gasteiger partial charge on any atom is -0.308 e. The second-order valence-electron chi connectivity index (χ2n) is 7.05. The van der Waals surface area contributed by atoms with Crippen LogP contribution in [-0.2, 0) is 6.54 Å². The molecule has 2 fully saturated rings. The van der Waals surface area contributed by atoms with Crippen LogP contribution in [0.4, 0.5) is 0 Å². The maximum absolute atomic E-state index is 4.57.